The highest BCUT2D eigenvalue weighted by Gasteiger charge is 2.07. The Hall–Kier alpha value is -1.15. The summed E-state index contributed by atoms with van der Waals surface area (Å²) in [7, 11) is 0. The van der Waals surface area contributed by atoms with Crippen LogP contribution in [0.3, 0.4) is 0 Å². The average molecular weight is 231 g/mol. The number of benzene rings is 1. The number of hydrogen-bond acceptors (Lipinski definition) is 2. The van der Waals surface area contributed by atoms with Gasteiger partial charge < -0.3 is 0 Å². The van der Waals surface area contributed by atoms with E-state index in [0.717, 1.165) is 6.42 Å². The summed E-state index contributed by atoms with van der Waals surface area (Å²) in [5.74, 6) is 0.571. The van der Waals surface area contributed by atoms with E-state index in [4.69, 9.17) is 0 Å². The van der Waals surface area contributed by atoms with E-state index < -0.39 is 0 Å². The van der Waals surface area contributed by atoms with E-state index >= 15 is 0 Å². The Morgan fingerprint density at radius 3 is 2.62 bits per heavy atom. The first-order valence-corrected chi connectivity index (χ1v) is 6.58. The lowest BCUT2D eigenvalue weighted by Gasteiger charge is -2.08. The zero-order chi connectivity index (χ0) is 11.4. The molecule has 1 nitrogen and oxygen atoms in total. The largest absolute Gasteiger partial charge is 0.249 e. The van der Waals surface area contributed by atoms with Gasteiger partial charge in [0.25, 0.3) is 0 Å². The van der Waals surface area contributed by atoms with Gasteiger partial charge in [0.15, 0.2) is 0 Å². The predicted octanol–water partition coefficient (Wildman–Crippen LogP) is 4.19. The van der Waals surface area contributed by atoms with E-state index in [0.29, 0.717) is 5.92 Å². The van der Waals surface area contributed by atoms with Gasteiger partial charge in [-0.3, -0.25) is 0 Å². The highest BCUT2D eigenvalue weighted by atomic mass is 32.1. The summed E-state index contributed by atoms with van der Waals surface area (Å²) >= 11 is 1.76. The minimum absolute atomic E-state index is 0.571. The van der Waals surface area contributed by atoms with Crippen molar-refractivity contribution >= 4 is 11.3 Å². The van der Waals surface area contributed by atoms with Gasteiger partial charge in [-0.05, 0) is 25.3 Å². The molecule has 0 N–H and O–H groups in total. The fraction of sp³-hybridized carbons (Fsp3) is 0.357. The van der Waals surface area contributed by atoms with Crippen LogP contribution in [-0.4, -0.2) is 4.98 Å². The molecule has 1 atom stereocenters. The van der Waals surface area contributed by atoms with Gasteiger partial charge in [-0.15, -0.1) is 11.3 Å². The van der Waals surface area contributed by atoms with Crippen molar-refractivity contribution in [2.75, 3.05) is 0 Å². The zero-order valence-electron chi connectivity index (χ0n) is 9.81. The van der Waals surface area contributed by atoms with E-state index in [-0.39, 0.29) is 0 Å². The van der Waals surface area contributed by atoms with Crippen LogP contribution < -0.4 is 0 Å². The average Bonchev–Trinajstić information content (AvgIpc) is 2.81. The van der Waals surface area contributed by atoms with Gasteiger partial charge in [0.05, 0.1) is 5.01 Å². The Bertz CT molecular complexity index is 417. The molecular formula is C14H17NS. The minimum atomic E-state index is 0.571. The summed E-state index contributed by atoms with van der Waals surface area (Å²) in [5.41, 5.74) is 2.76. The summed E-state index contributed by atoms with van der Waals surface area (Å²) in [6, 6.07) is 8.82. The van der Waals surface area contributed by atoms with Crippen LogP contribution in [0.25, 0.3) is 0 Å². The molecule has 1 unspecified atom stereocenters. The lowest BCUT2D eigenvalue weighted by atomic mass is 10.0. The van der Waals surface area contributed by atoms with Crippen LogP contribution in [-0.2, 0) is 6.42 Å². The molecule has 2 heteroatoms. The Morgan fingerprint density at radius 2 is 2.00 bits per heavy atom. The van der Waals surface area contributed by atoms with Crippen LogP contribution in [0.2, 0.25) is 0 Å². The van der Waals surface area contributed by atoms with Crippen molar-refractivity contribution in [1.82, 2.24) is 4.98 Å². The Labute approximate surface area is 101 Å². The molecule has 0 saturated heterocycles. The van der Waals surface area contributed by atoms with Crippen LogP contribution >= 0.6 is 11.3 Å². The van der Waals surface area contributed by atoms with Crippen LogP contribution in [0.1, 0.15) is 35.4 Å². The van der Waals surface area contributed by atoms with E-state index in [1.54, 1.807) is 11.3 Å². The van der Waals surface area contributed by atoms with E-state index in [2.05, 4.69) is 48.5 Å². The van der Waals surface area contributed by atoms with Crippen molar-refractivity contribution in [2.45, 2.75) is 32.6 Å². The zero-order valence-corrected chi connectivity index (χ0v) is 10.6. The lowest BCUT2D eigenvalue weighted by molar-refractivity contribution is 0.675. The maximum atomic E-state index is 4.36. The summed E-state index contributed by atoms with van der Waals surface area (Å²) in [5, 5.41) is 3.31. The van der Waals surface area contributed by atoms with Crippen LogP contribution in [0.4, 0.5) is 0 Å². The molecule has 0 aliphatic carbocycles. The molecule has 0 aliphatic heterocycles. The van der Waals surface area contributed by atoms with Gasteiger partial charge >= 0.3 is 0 Å². The van der Waals surface area contributed by atoms with Gasteiger partial charge in [-0.25, -0.2) is 4.98 Å². The maximum absolute atomic E-state index is 4.36. The third kappa shape index (κ3) is 2.92. The van der Waals surface area contributed by atoms with Crippen molar-refractivity contribution in [3.05, 3.63) is 52.0 Å². The SMILES string of the molecule is Cc1ccc(CCC(C)c2nccs2)cc1. The molecule has 0 saturated carbocycles. The number of nitrogens with zero attached hydrogens (tertiary/aromatic N) is 1. The smallest absolute Gasteiger partial charge is 0.0953 e. The molecule has 84 valence electrons. The fourth-order valence-corrected chi connectivity index (χ4v) is 2.47. The third-order valence-electron chi connectivity index (χ3n) is 2.86. The number of hydrogen-bond donors (Lipinski definition) is 0. The molecule has 16 heavy (non-hydrogen) atoms. The molecule has 2 aromatic rings. The van der Waals surface area contributed by atoms with Crippen molar-refractivity contribution in [1.29, 1.82) is 0 Å². The van der Waals surface area contributed by atoms with Crippen molar-refractivity contribution < 1.29 is 0 Å². The summed E-state index contributed by atoms with van der Waals surface area (Å²) in [4.78, 5) is 4.36. The second kappa shape index (κ2) is 5.26. The second-order valence-corrected chi connectivity index (χ2v) is 5.22. The molecule has 0 bridgehead atoms. The van der Waals surface area contributed by atoms with E-state index in [1.807, 2.05) is 6.20 Å². The van der Waals surface area contributed by atoms with E-state index in [9.17, 15) is 0 Å². The minimum Gasteiger partial charge on any atom is -0.249 e. The highest BCUT2D eigenvalue weighted by Crippen LogP contribution is 2.22. The highest BCUT2D eigenvalue weighted by molar-refractivity contribution is 7.09. The Morgan fingerprint density at radius 1 is 1.25 bits per heavy atom. The quantitative estimate of drug-likeness (QED) is 0.769. The van der Waals surface area contributed by atoms with Gasteiger partial charge in [0, 0.05) is 17.5 Å². The molecule has 2 rings (SSSR count). The lowest BCUT2D eigenvalue weighted by Crippen LogP contribution is -1.95. The number of thiazole rings is 1. The van der Waals surface area contributed by atoms with E-state index in [1.165, 1.54) is 22.6 Å². The second-order valence-electron chi connectivity index (χ2n) is 4.30. The molecule has 1 heterocycles. The van der Waals surface area contributed by atoms with Crippen LogP contribution in [0, 0.1) is 6.92 Å². The number of aryl methyl sites for hydroxylation is 2. The fourth-order valence-electron chi connectivity index (χ4n) is 1.74. The standard InChI is InChI=1S/C14H17NS/c1-11-3-6-13(7-4-11)8-5-12(2)14-15-9-10-16-14/h3-4,6-7,9-10,12H,5,8H2,1-2H3. The molecule has 1 aromatic heterocycles. The van der Waals surface area contributed by atoms with Gasteiger partial charge in [-0.1, -0.05) is 36.8 Å². The first-order chi connectivity index (χ1) is 7.75. The summed E-state index contributed by atoms with van der Waals surface area (Å²) in [6.07, 6.45) is 4.21. The molecule has 0 radical (unpaired) electrons. The number of aromatic nitrogens is 1. The Kier molecular flexibility index (Phi) is 3.73. The van der Waals surface area contributed by atoms with Gasteiger partial charge in [0.2, 0.25) is 0 Å². The molecule has 0 fully saturated rings. The van der Waals surface area contributed by atoms with Crippen LogP contribution in [0.5, 0.6) is 0 Å². The van der Waals surface area contributed by atoms with Gasteiger partial charge in [0.1, 0.15) is 0 Å². The van der Waals surface area contributed by atoms with Crippen molar-refractivity contribution in [2.24, 2.45) is 0 Å². The molecule has 0 amide bonds. The monoisotopic (exact) mass is 231 g/mol. The van der Waals surface area contributed by atoms with Crippen LogP contribution in [0.15, 0.2) is 35.8 Å². The predicted molar refractivity (Wildman–Crippen MR) is 70.0 cm³/mol. The topological polar surface area (TPSA) is 12.9 Å². The first-order valence-electron chi connectivity index (χ1n) is 5.70. The third-order valence-corrected chi connectivity index (χ3v) is 3.87. The molecule has 1 aromatic carbocycles. The summed E-state index contributed by atoms with van der Waals surface area (Å²) < 4.78 is 0. The molecule has 0 aliphatic rings. The maximum Gasteiger partial charge on any atom is 0.0953 e. The van der Waals surface area contributed by atoms with Gasteiger partial charge in [-0.2, -0.15) is 0 Å². The van der Waals surface area contributed by atoms with Crippen molar-refractivity contribution in [3.8, 4) is 0 Å². The number of rotatable bonds is 4. The summed E-state index contributed by atoms with van der Waals surface area (Å²) in [6.45, 7) is 4.38. The molecule has 0 spiro atoms. The first kappa shape index (κ1) is 11.3. The Balaban J connectivity index is 1.90. The normalized spacial score (nSPS) is 12.6. The molecular weight excluding hydrogens is 214 g/mol. The van der Waals surface area contributed by atoms with Crippen molar-refractivity contribution in [3.63, 3.8) is 0 Å².